The zero-order valence-corrected chi connectivity index (χ0v) is 12.8. The summed E-state index contributed by atoms with van der Waals surface area (Å²) in [5.74, 6) is 0.342. The van der Waals surface area contributed by atoms with E-state index in [1.807, 2.05) is 6.92 Å². The highest BCUT2D eigenvalue weighted by Gasteiger charge is 2.13. The highest BCUT2D eigenvalue weighted by atomic mass is 35.5. The van der Waals surface area contributed by atoms with E-state index in [1.54, 1.807) is 18.2 Å². The summed E-state index contributed by atoms with van der Waals surface area (Å²) in [5.41, 5.74) is 0.507. The molecule has 2 rings (SSSR count). The van der Waals surface area contributed by atoms with Crippen LogP contribution < -0.4 is 5.32 Å². The number of hydrogen-bond donors (Lipinski definition) is 1. The molecule has 0 atom stereocenters. The van der Waals surface area contributed by atoms with Gasteiger partial charge in [0.25, 0.3) is 0 Å². The van der Waals surface area contributed by atoms with Gasteiger partial charge in [0.2, 0.25) is 5.91 Å². The van der Waals surface area contributed by atoms with E-state index in [0.29, 0.717) is 10.8 Å². The number of anilines is 1. The molecule has 114 valence electrons. The second-order valence-corrected chi connectivity index (χ2v) is 4.89. The first-order valence-corrected chi connectivity index (χ1v) is 6.81. The summed E-state index contributed by atoms with van der Waals surface area (Å²) in [6.07, 6.45) is 2.84. The molecule has 22 heavy (non-hydrogen) atoms. The summed E-state index contributed by atoms with van der Waals surface area (Å²) < 4.78 is 9.98. The van der Waals surface area contributed by atoms with Crippen LogP contribution in [0.3, 0.4) is 0 Å². The number of aryl methyl sites for hydroxylation is 1. The molecule has 0 aliphatic heterocycles. The number of esters is 1. The van der Waals surface area contributed by atoms with E-state index in [4.69, 9.17) is 16.0 Å². The molecule has 5 nitrogen and oxygen atoms in total. The van der Waals surface area contributed by atoms with Gasteiger partial charge in [0.15, 0.2) is 0 Å². The van der Waals surface area contributed by atoms with Crippen LogP contribution in [0, 0.1) is 6.92 Å². The van der Waals surface area contributed by atoms with Crippen molar-refractivity contribution in [2.75, 3.05) is 12.4 Å². The van der Waals surface area contributed by atoms with Gasteiger partial charge in [-0.3, -0.25) is 4.79 Å². The Bertz CT molecular complexity index is 733. The van der Waals surface area contributed by atoms with Crippen molar-refractivity contribution in [2.24, 2.45) is 0 Å². The Morgan fingerprint density at radius 2 is 2.05 bits per heavy atom. The SMILES string of the molecule is COC(=O)c1ccc(Cl)cc1NC(=O)/C=C/c1ccc(C)o1. The van der Waals surface area contributed by atoms with E-state index in [1.165, 1.54) is 31.4 Å². The summed E-state index contributed by atoms with van der Waals surface area (Å²) in [6.45, 7) is 1.81. The number of halogens is 1. The molecule has 6 heteroatoms. The highest BCUT2D eigenvalue weighted by Crippen LogP contribution is 2.22. The number of carbonyl (C=O) groups is 2. The van der Waals surface area contributed by atoms with Crippen molar-refractivity contribution in [3.05, 3.63) is 58.5 Å². The molecule has 0 fully saturated rings. The van der Waals surface area contributed by atoms with E-state index in [9.17, 15) is 9.59 Å². The minimum atomic E-state index is -0.558. The van der Waals surface area contributed by atoms with Crippen molar-refractivity contribution in [1.82, 2.24) is 0 Å². The van der Waals surface area contributed by atoms with E-state index < -0.39 is 11.9 Å². The number of carbonyl (C=O) groups excluding carboxylic acids is 2. The van der Waals surface area contributed by atoms with Crippen molar-refractivity contribution >= 4 is 35.2 Å². The molecule has 0 bridgehead atoms. The second kappa shape index (κ2) is 6.95. The van der Waals surface area contributed by atoms with Gasteiger partial charge in [0, 0.05) is 11.1 Å². The Balaban J connectivity index is 2.15. The van der Waals surface area contributed by atoms with Gasteiger partial charge < -0.3 is 14.5 Å². The lowest BCUT2D eigenvalue weighted by atomic mass is 10.1. The summed E-state index contributed by atoms with van der Waals surface area (Å²) >= 11 is 5.89. The molecule has 0 aliphatic carbocycles. The monoisotopic (exact) mass is 319 g/mol. The Morgan fingerprint density at radius 3 is 2.68 bits per heavy atom. The molecule has 0 saturated heterocycles. The predicted octanol–water partition coefficient (Wildman–Crippen LogP) is 3.68. The highest BCUT2D eigenvalue weighted by molar-refractivity contribution is 6.31. The third kappa shape index (κ3) is 3.99. The maximum absolute atomic E-state index is 11.9. The van der Waals surface area contributed by atoms with Gasteiger partial charge in [-0.15, -0.1) is 0 Å². The van der Waals surface area contributed by atoms with E-state index in [-0.39, 0.29) is 11.3 Å². The van der Waals surface area contributed by atoms with Crippen LogP contribution >= 0.6 is 11.6 Å². The average molecular weight is 320 g/mol. The van der Waals surface area contributed by atoms with Crippen LogP contribution in [0.15, 0.2) is 40.8 Å². The van der Waals surface area contributed by atoms with E-state index in [0.717, 1.165) is 5.76 Å². The second-order valence-electron chi connectivity index (χ2n) is 4.45. The van der Waals surface area contributed by atoms with Gasteiger partial charge in [0.05, 0.1) is 18.4 Å². The summed E-state index contributed by atoms with van der Waals surface area (Å²) in [4.78, 5) is 23.6. The number of furan rings is 1. The third-order valence-corrected chi connectivity index (χ3v) is 3.04. The largest absolute Gasteiger partial charge is 0.465 e. The Labute approximate surface area is 132 Å². The molecule has 2 aromatic rings. The number of ether oxygens (including phenoxy) is 1. The lowest BCUT2D eigenvalue weighted by Crippen LogP contribution is -2.13. The van der Waals surface area contributed by atoms with Crippen LogP contribution in [0.25, 0.3) is 6.08 Å². The Hall–Kier alpha value is -2.53. The molecule has 0 spiro atoms. The minimum absolute atomic E-state index is 0.225. The fourth-order valence-corrected chi connectivity index (χ4v) is 1.96. The van der Waals surface area contributed by atoms with E-state index in [2.05, 4.69) is 10.1 Å². The summed E-state index contributed by atoms with van der Waals surface area (Å²) in [6, 6.07) is 8.06. The number of benzene rings is 1. The Morgan fingerprint density at radius 1 is 1.27 bits per heavy atom. The number of rotatable bonds is 4. The van der Waals surface area contributed by atoms with Crippen LogP contribution in [0.1, 0.15) is 21.9 Å². The third-order valence-electron chi connectivity index (χ3n) is 2.80. The molecule has 0 aliphatic rings. The maximum Gasteiger partial charge on any atom is 0.339 e. The number of nitrogens with one attached hydrogen (secondary N) is 1. The predicted molar refractivity (Wildman–Crippen MR) is 83.9 cm³/mol. The van der Waals surface area contributed by atoms with Crippen molar-refractivity contribution in [3.63, 3.8) is 0 Å². The molecule has 0 unspecified atom stereocenters. The molecule has 1 aromatic heterocycles. The lowest BCUT2D eigenvalue weighted by molar-refractivity contribution is -0.111. The minimum Gasteiger partial charge on any atom is -0.465 e. The van der Waals surface area contributed by atoms with Gasteiger partial charge in [-0.05, 0) is 43.3 Å². The average Bonchev–Trinajstić information content (AvgIpc) is 2.90. The fraction of sp³-hybridized carbons (Fsp3) is 0.125. The first-order valence-electron chi connectivity index (χ1n) is 6.43. The number of hydrogen-bond acceptors (Lipinski definition) is 4. The van der Waals surface area contributed by atoms with Gasteiger partial charge >= 0.3 is 5.97 Å². The molecule has 1 aromatic carbocycles. The smallest absolute Gasteiger partial charge is 0.339 e. The first-order chi connectivity index (χ1) is 10.5. The number of amides is 1. The molecule has 0 radical (unpaired) electrons. The summed E-state index contributed by atoms with van der Waals surface area (Å²) in [5, 5.41) is 2.99. The zero-order valence-electron chi connectivity index (χ0n) is 12.1. The molecule has 1 heterocycles. The van der Waals surface area contributed by atoms with Gasteiger partial charge in [-0.1, -0.05) is 11.6 Å². The quantitative estimate of drug-likeness (QED) is 0.689. The van der Waals surface area contributed by atoms with Crippen LogP contribution in [-0.2, 0) is 9.53 Å². The molecule has 1 amide bonds. The Kier molecular flexibility index (Phi) is 5.01. The standard InChI is InChI=1S/C16H14ClNO4/c1-10-3-5-12(22-10)6-8-15(19)18-14-9-11(17)4-7-13(14)16(20)21-2/h3-9H,1-2H3,(H,18,19)/b8-6+. The van der Waals surface area contributed by atoms with Gasteiger partial charge in [0.1, 0.15) is 11.5 Å². The van der Waals surface area contributed by atoms with Gasteiger partial charge in [-0.25, -0.2) is 4.79 Å². The first kappa shape index (κ1) is 15.9. The van der Waals surface area contributed by atoms with Crippen molar-refractivity contribution in [1.29, 1.82) is 0 Å². The van der Waals surface area contributed by atoms with Crippen molar-refractivity contribution in [2.45, 2.75) is 6.92 Å². The maximum atomic E-state index is 11.9. The van der Waals surface area contributed by atoms with Crippen molar-refractivity contribution in [3.8, 4) is 0 Å². The van der Waals surface area contributed by atoms with Crippen LogP contribution in [0.5, 0.6) is 0 Å². The normalized spacial score (nSPS) is 10.7. The topological polar surface area (TPSA) is 68.5 Å². The van der Waals surface area contributed by atoms with E-state index >= 15 is 0 Å². The van der Waals surface area contributed by atoms with Crippen LogP contribution in [-0.4, -0.2) is 19.0 Å². The molecule has 0 saturated carbocycles. The van der Waals surface area contributed by atoms with Crippen LogP contribution in [0.4, 0.5) is 5.69 Å². The van der Waals surface area contributed by atoms with Crippen molar-refractivity contribution < 1.29 is 18.7 Å². The van der Waals surface area contributed by atoms with Gasteiger partial charge in [-0.2, -0.15) is 0 Å². The number of methoxy groups -OCH3 is 1. The molecular formula is C16H14ClNO4. The van der Waals surface area contributed by atoms with Crippen LogP contribution in [0.2, 0.25) is 5.02 Å². The zero-order chi connectivity index (χ0) is 16.1. The molecule has 1 N–H and O–H groups in total. The summed E-state index contributed by atoms with van der Waals surface area (Å²) in [7, 11) is 1.27. The fourth-order valence-electron chi connectivity index (χ4n) is 1.78. The molecular weight excluding hydrogens is 306 g/mol. The lowest BCUT2D eigenvalue weighted by Gasteiger charge is -2.08.